The summed E-state index contributed by atoms with van der Waals surface area (Å²) < 4.78 is 0. The van der Waals surface area contributed by atoms with Gasteiger partial charge >= 0.3 is 11.9 Å². The van der Waals surface area contributed by atoms with Gasteiger partial charge in [0, 0.05) is 0 Å². The SMILES string of the molecule is CC(N)C(=O)NC(CC(=O)O)C(=O)NCC(=O)NC(C)C(=O)O. The number of amides is 3. The number of nitrogens with two attached hydrogens (primary N) is 1. The number of carbonyl (C=O) groups excluding carboxylic acids is 3. The lowest BCUT2D eigenvalue weighted by Gasteiger charge is -2.18. The van der Waals surface area contributed by atoms with Gasteiger partial charge in [-0.25, -0.2) is 0 Å². The van der Waals surface area contributed by atoms with Crippen molar-refractivity contribution < 1.29 is 34.2 Å². The minimum Gasteiger partial charge on any atom is -0.481 e. The fraction of sp³-hybridized carbons (Fsp3) is 0.583. The van der Waals surface area contributed by atoms with E-state index in [0.717, 1.165) is 0 Å². The van der Waals surface area contributed by atoms with E-state index in [9.17, 15) is 24.0 Å². The Morgan fingerprint density at radius 1 is 1.00 bits per heavy atom. The maximum Gasteiger partial charge on any atom is 0.325 e. The third-order valence-electron chi connectivity index (χ3n) is 2.60. The van der Waals surface area contributed by atoms with Gasteiger partial charge in [0.25, 0.3) is 0 Å². The number of carbonyl (C=O) groups is 5. The van der Waals surface area contributed by atoms with Crippen molar-refractivity contribution in [2.45, 2.75) is 38.4 Å². The third kappa shape index (κ3) is 8.36. The fourth-order valence-electron chi connectivity index (χ4n) is 1.33. The molecule has 11 heteroatoms. The Morgan fingerprint density at radius 3 is 2.00 bits per heavy atom. The van der Waals surface area contributed by atoms with Gasteiger partial charge in [0.15, 0.2) is 0 Å². The van der Waals surface area contributed by atoms with Gasteiger partial charge in [0.05, 0.1) is 19.0 Å². The zero-order chi connectivity index (χ0) is 18.2. The number of carboxylic acid groups (broad SMARTS) is 2. The minimum atomic E-state index is -1.41. The van der Waals surface area contributed by atoms with Crippen LogP contribution < -0.4 is 21.7 Å². The molecule has 0 saturated heterocycles. The molecule has 0 aliphatic rings. The lowest BCUT2D eigenvalue weighted by Crippen LogP contribution is -2.53. The summed E-state index contributed by atoms with van der Waals surface area (Å²) in [6.07, 6.45) is -0.697. The summed E-state index contributed by atoms with van der Waals surface area (Å²) in [6, 6.07) is -3.50. The second kappa shape index (κ2) is 9.35. The Balaban J connectivity index is 4.59. The zero-order valence-electron chi connectivity index (χ0n) is 12.7. The first-order chi connectivity index (χ1) is 10.5. The van der Waals surface area contributed by atoms with Crippen LogP contribution in [0.25, 0.3) is 0 Å². The van der Waals surface area contributed by atoms with E-state index >= 15 is 0 Å². The third-order valence-corrected chi connectivity index (χ3v) is 2.60. The van der Waals surface area contributed by atoms with Crippen LogP contribution in [0.4, 0.5) is 0 Å². The highest BCUT2D eigenvalue weighted by molar-refractivity contribution is 5.94. The molecule has 0 saturated carbocycles. The molecule has 0 aliphatic carbocycles. The molecule has 0 heterocycles. The van der Waals surface area contributed by atoms with Crippen LogP contribution in [0.3, 0.4) is 0 Å². The highest BCUT2D eigenvalue weighted by Crippen LogP contribution is 1.94. The number of rotatable bonds is 9. The van der Waals surface area contributed by atoms with Crippen molar-refractivity contribution in [2.24, 2.45) is 5.73 Å². The maximum atomic E-state index is 11.8. The van der Waals surface area contributed by atoms with Crippen LogP contribution in [0.1, 0.15) is 20.3 Å². The molecule has 0 bridgehead atoms. The molecule has 23 heavy (non-hydrogen) atoms. The summed E-state index contributed by atoms with van der Waals surface area (Å²) in [6.45, 7) is 2.02. The Labute approximate surface area is 131 Å². The van der Waals surface area contributed by atoms with E-state index in [1.54, 1.807) is 0 Å². The van der Waals surface area contributed by atoms with Gasteiger partial charge in [-0.2, -0.15) is 0 Å². The summed E-state index contributed by atoms with van der Waals surface area (Å²) in [5.41, 5.74) is 5.31. The van der Waals surface area contributed by atoms with Crippen molar-refractivity contribution in [3.8, 4) is 0 Å². The highest BCUT2D eigenvalue weighted by Gasteiger charge is 2.25. The van der Waals surface area contributed by atoms with Crippen LogP contribution in [0.15, 0.2) is 0 Å². The second-order valence-corrected chi connectivity index (χ2v) is 4.79. The lowest BCUT2D eigenvalue weighted by atomic mass is 10.1. The van der Waals surface area contributed by atoms with E-state index in [1.807, 2.05) is 0 Å². The number of hydrogen-bond donors (Lipinski definition) is 6. The van der Waals surface area contributed by atoms with Gasteiger partial charge in [-0.05, 0) is 13.8 Å². The van der Waals surface area contributed by atoms with Crippen LogP contribution >= 0.6 is 0 Å². The number of nitrogens with one attached hydrogen (secondary N) is 3. The van der Waals surface area contributed by atoms with Crippen LogP contribution in [0.5, 0.6) is 0 Å². The lowest BCUT2D eigenvalue weighted by molar-refractivity contribution is -0.142. The van der Waals surface area contributed by atoms with E-state index < -0.39 is 60.8 Å². The van der Waals surface area contributed by atoms with E-state index in [2.05, 4.69) is 16.0 Å². The number of carboxylic acids is 2. The van der Waals surface area contributed by atoms with Gasteiger partial charge in [0.1, 0.15) is 12.1 Å². The van der Waals surface area contributed by atoms with Crippen molar-refractivity contribution in [1.82, 2.24) is 16.0 Å². The molecule has 0 rings (SSSR count). The first kappa shape index (κ1) is 20.3. The van der Waals surface area contributed by atoms with Gasteiger partial charge in [-0.1, -0.05) is 0 Å². The highest BCUT2D eigenvalue weighted by atomic mass is 16.4. The predicted molar refractivity (Wildman–Crippen MR) is 76.1 cm³/mol. The van der Waals surface area contributed by atoms with E-state index in [4.69, 9.17) is 15.9 Å². The van der Waals surface area contributed by atoms with Gasteiger partial charge in [-0.3, -0.25) is 24.0 Å². The Morgan fingerprint density at radius 2 is 1.57 bits per heavy atom. The largest absolute Gasteiger partial charge is 0.481 e. The molecule has 0 radical (unpaired) electrons. The molecule has 0 fully saturated rings. The standard InChI is InChI=1S/C12H20N4O7/c1-5(13)10(20)16-7(3-9(18)19)11(21)14-4-8(17)15-6(2)12(22)23/h5-7H,3-4,13H2,1-2H3,(H,14,21)(H,15,17)(H,16,20)(H,18,19)(H,22,23). The second-order valence-electron chi connectivity index (χ2n) is 4.79. The summed E-state index contributed by atoms with van der Waals surface area (Å²) in [5, 5.41) is 23.7. The monoisotopic (exact) mass is 332 g/mol. The Kier molecular flexibility index (Phi) is 8.26. The van der Waals surface area contributed by atoms with Crippen molar-refractivity contribution in [2.75, 3.05) is 6.54 Å². The van der Waals surface area contributed by atoms with Crippen molar-refractivity contribution >= 4 is 29.7 Å². The zero-order valence-corrected chi connectivity index (χ0v) is 12.7. The first-order valence-corrected chi connectivity index (χ1v) is 6.62. The summed E-state index contributed by atoms with van der Waals surface area (Å²) in [5.74, 6) is -4.99. The molecular weight excluding hydrogens is 312 g/mol. The number of aliphatic carboxylic acids is 2. The number of hydrogen-bond acceptors (Lipinski definition) is 6. The molecular formula is C12H20N4O7. The first-order valence-electron chi connectivity index (χ1n) is 6.62. The minimum absolute atomic E-state index is 0.569. The topological polar surface area (TPSA) is 188 Å². The molecule has 0 aromatic heterocycles. The van der Waals surface area contributed by atoms with Crippen molar-refractivity contribution in [1.29, 1.82) is 0 Å². The van der Waals surface area contributed by atoms with Crippen LogP contribution in [0.2, 0.25) is 0 Å². The average Bonchev–Trinajstić information content (AvgIpc) is 2.42. The molecule has 3 amide bonds. The molecule has 11 nitrogen and oxygen atoms in total. The molecule has 130 valence electrons. The van der Waals surface area contributed by atoms with Crippen LogP contribution in [-0.2, 0) is 24.0 Å². The Hall–Kier alpha value is -2.69. The molecule has 3 unspecified atom stereocenters. The van der Waals surface area contributed by atoms with E-state index in [1.165, 1.54) is 13.8 Å². The quantitative estimate of drug-likeness (QED) is 0.257. The molecule has 3 atom stereocenters. The molecule has 0 spiro atoms. The van der Waals surface area contributed by atoms with Gasteiger partial charge in [0.2, 0.25) is 17.7 Å². The normalized spacial score (nSPS) is 14.0. The van der Waals surface area contributed by atoms with E-state index in [-0.39, 0.29) is 0 Å². The maximum absolute atomic E-state index is 11.8. The van der Waals surface area contributed by atoms with Crippen LogP contribution in [0, 0.1) is 0 Å². The average molecular weight is 332 g/mol. The molecule has 7 N–H and O–H groups in total. The summed E-state index contributed by atoms with van der Waals surface area (Å²) in [4.78, 5) is 56.0. The molecule has 0 aliphatic heterocycles. The van der Waals surface area contributed by atoms with Crippen molar-refractivity contribution in [3.63, 3.8) is 0 Å². The molecule has 0 aromatic rings. The predicted octanol–water partition coefficient (Wildman–Crippen LogP) is -3.00. The summed E-state index contributed by atoms with van der Waals surface area (Å²) >= 11 is 0. The van der Waals surface area contributed by atoms with Crippen molar-refractivity contribution in [3.05, 3.63) is 0 Å². The van der Waals surface area contributed by atoms with Crippen LogP contribution in [-0.4, -0.2) is 64.5 Å². The van der Waals surface area contributed by atoms with E-state index in [0.29, 0.717) is 0 Å². The van der Waals surface area contributed by atoms with Gasteiger partial charge in [-0.15, -0.1) is 0 Å². The Bertz CT molecular complexity index is 492. The van der Waals surface area contributed by atoms with Gasteiger partial charge < -0.3 is 31.9 Å². The molecule has 0 aromatic carbocycles. The summed E-state index contributed by atoms with van der Waals surface area (Å²) in [7, 11) is 0. The fourth-order valence-corrected chi connectivity index (χ4v) is 1.33. The smallest absolute Gasteiger partial charge is 0.325 e.